The third kappa shape index (κ3) is 4.46. The number of carbonyl (C=O) groups is 1. The molecule has 0 amide bonds. The maximum atomic E-state index is 14.6. The molecule has 1 aliphatic rings. The van der Waals surface area contributed by atoms with E-state index < -0.39 is 23.7 Å². The van der Waals surface area contributed by atoms with Crippen LogP contribution in [0.2, 0.25) is 0 Å². The number of anilines is 2. The van der Waals surface area contributed by atoms with E-state index in [1.165, 1.54) is 24.7 Å². The van der Waals surface area contributed by atoms with Crippen LogP contribution in [0.1, 0.15) is 35.2 Å². The molecule has 0 aliphatic heterocycles. The lowest BCUT2D eigenvalue weighted by Crippen LogP contribution is -2.44. The van der Waals surface area contributed by atoms with Crippen molar-refractivity contribution in [3.8, 4) is 0 Å². The number of fused-ring (bicyclic) bond motifs is 1. The van der Waals surface area contributed by atoms with Crippen LogP contribution in [0.25, 0.3) is 11.0 Å². The van der Waals surface area contributed by atoms with E-state index >= 15 is 0 Å². The Morgan fingerprint density at radius 3 is 2.81 bits per heavy atom. The molecule has 0 saturated heterocycles. The Hall–Kier alpha value is -3.21. The van der Waals surface area contributed by atoms with E-state index in [4.69, 9.17) is 4.74 Å². The number of hydrogen-bond donors (Lipinski definition) is 3. The van der Waals surface area contributed by atoms with Gasteiger partial charge in [0.05, 0.1) is 16.5 Å². The second-order valence-corrected chi connectivity index (χ2v) is 7.39. The maximum absolute atomic E-state index is 14.6. The summed E-state index contributed by atoms with van der Waals surface area (Å²) in [6.07, 6.45) is 2.89. The molecule has 0 unspecified atom stereocenters. The van der Waals surface area contributed by atoms with Gasteiger partial charge in [0.25, 0.3) is 5.92 Å². The van der Waals surface area contributed by atoms with Crippen LogP contribution < -0.4 is 10.6 Å². The summed E-state index contributed by atoms with van der Waals surface area (Å²) in [6, 6.07) is 2.22. The first kappa shape index (κ1) is 21.0. The molecular weight excluding hydrogens is 413 g/mol. The number of carbonyl (C=O) groups excluding carboxylic acids is 1. The van der Waals surface area contributed by atoms with Gasteiger partial charge in [-0.1, -0.05) is 0 Å². The molecule has 1 aliphatic carbocycles. The van der Waals surface area contributed by atoms with Crippen LogP contribution in [0.15, 0.2) is 24.7 Å². The van der Waals surface area contributed by atoms with E-state index in [-0.39, 0.29) is 29.8 Å². The van der Waals surface area contributed by atoms with Gasteiger partial charge in [0, 0.05) is 45.3 Å². The highest BCUT2D eigenvalue weighted by Gasteiger charge is 2.45. The normalized spacial score (nSPS) is 15.6. The van der Waals surface area contributed by atoms with E-state index in [2.05, 4.69) is 30.6 Å². The number of ether oxygens (including phenoxy) is 1. The van der Waals surface area contributed by atoms with Gasteiger partial charge in [-0.25, -0.2) is 23.7 Å². The third-order valence-electron chi connectivity index (χ3n) is 5.07. The number of nitrogens with one attached hydrogen (secondary N) is 3. The first-order valence-electron chi connectivity index (χ1n) is 9.78. The molecule has 3 heterocycles. The van der Waals surface area contributed by atoms with Crippen molar-refractivity contribution in [1.29, 1.82) is 0 Å². The number of alkyl halides is 2. The average Bonchev–Trinajstić information content (AvgIpc) is 3.14. The number of aromatic amines is 1. The highest BCUT2D eigenvalue weighted by atomic mass is 19.3. The third-order valence-corrected chi connectivity index (χ3v) is 5.07. The smallest absolute Gasteiger partial charge is 0.252 e. The van der Waals surface area contributed by atoms with Gasteiger partial charge in [0.2, 0.25) is 5.95 Å². The van der Waals surface area contributed by atoms with Gasteiger partial charge in [-0.05, 0) is 18.6 Å². The largest absolute Gasteiger partial charge is 0.385 e. The summed E-state index contributed by atoms with van der Waals surface area (Å²) in [4.78, 5) is 28.0. The Kier molecular flexibility index (Phi) is 5.77. The van der Waals surface area contributed by atoms with Gasteiger partial charge in [-0.2, -0.15) is 4.39 Å². The fourth-order valence-electron chi connectivity index (χ4n) is 3.50. The van der Waals surface area contributed by atoms with Gasteiger partial charge in [-0.15, -0.1) is 0 Å². The Labute approximate surface area is 175 Å². The fraction of sp³-hybridized carbons (Fsp3) is 0.400. The van der Waals surface area contributed by atoms with Crippen molar-refractivity contribution in [3.63, 3.8) is 0 Å². The predicted molar refractivity (Wildman–Crippen MR) is 108 cm³/mol. The maximum Gasteiger partial charge on any atom is 0.252 e. The molecule has 0 spiro atoms. The lowest BCUT2D eigenvalue weighted by molar-refractivity contribution is -0.0794. The number of H-pyrrole nitrogens is 1. The van der Waals surface area contributed by atoms with Crippen LogP contribution >= 0.6 is 0 Å². The molecule has 31 heavy (non-hydrogen) atoms. The number of nitrogens with zero attached hydrogens (tertiary/aromatic N) is 3. The number of halogens is 3. The zero-order chi connectivity index (χ0) is 22.0. The van der Waals surface area contributed by atoms with E-state index in [9.17, 15) is 18.0 Å². The number of ketones is 1. The van der Waals surface area contributed by atoms with Crippen LogP contribution in [0, 0.1) is 5.95 Å². The topological polar surface area (TPSA) is 105 Å². The minimum Gasteiger partial charge on any atom is -0.385 e. The van der Waals surface area contributed by atoms with Crippen molar-refractivity contribution >= 4 is 28.5 Å². The molecule has 11 heteroatoms. The second kappa shape index (κ2) is 8.50. The van der Waals surface area contributed by atoms with Crippen molar-refractivity contribution < 1.29 is 22.7 Å². The summed E-state index contributed by atoms with van der Waals surface area (Å²) in [7, 11) is 1.61. The molecular formula is C20H21F3N6O2. The lowest BCUT2D eigenvalue weighted by Gasteiger charge is -2.35. The van der Waals surface area contributed by atoms with Gasteiger partial charge in [0.1, 0.15) is 23.6 Å². The van der Waals surface area contributed by atoms with Crippen LogP contribution in [-0.4, -0.2) is 57.9 Å². The van der Waals surface area contributed by atoms with Crippen LogP contribution in [-0.2, 0) is 4.74 Å². The Morgan fingerprint density at radius 2 is 2.10 bits per heavy atom. The van der Waals surface area contributed by atoms with E-state index in [1.54, 1.807) is 7.11 Å². The van der Waals surface area contributed by atoms with E-state index in [1.807, 2.05) is 0 Å². The van der Waals surface area contributed by atoms with Gasteiger partial charge in [-0.3, -0.25) is 4.79 Å². The predicted octanol–water partition coefficient (Wildman–Crippen LogP) is 3.38. The highest BCUT2D eigenvalue weighted by molar-refractivity contribution is 6.18. The number of hydrogen-bond acceptors (Lipinski definition) is 7. The van der Waals surface area contributed by atoms with Crippen molar-refractivity contribution in [3.05, 3.63) is 41.7 Å². The lowest BCUT2D eigenvalue weighted by atomic mass is 9.88. The van der Waals surface area contributed by atoms with E-state index in [0.717, 1.165) is 6.42 Å². The molecule has 4 rings (SSSR count). The zero-order valence-electron chi connectivity index (χ0n) is 16.7. The van der Waals surface area contributed by atoms with Crippen molar-refractivity contribution in [2.45, 2.75) is 31.2 Å². The van der Waals surface area contributed by atoms with Gasteiger partial charge >= 0.3 is 0 Å². The molecule has 0 bridgehead atoms. The monoisotopic (exact) mass is 434 g/mol. The molecule has 3 aromatic heterocycles. The molecule has 8 nitrogen and oxygen atoms in total. The summed E-state index contributed by atoms with van der Waals surface area (Å²) in [5.41, 5.74) is 0.398. The SMILES string of the molecule is COCCCNc1ncnc2[nH]cc(C(=O)c3ccc(NC4CC(F)(F)C4)nc3F)c12. The summed E-state index contributed by atoms with van der Waals surface area (Å²) >= 11 is 0. The summed E-state index contributed by atoms with van der Waals surface area (Å²) in [5.74, 6) is -3.71. The number of pyridine rings is 1. The molecule has 1 saturated carbocycles. The minimum atomic E-state index is -2.70. The summed E-state index contributed by atoms with van der Waals surface area (Å²) in [6.45, 7) is 1.13. The fourth-order valence-corrected chi connectivity index (χ4v) is 3.50. The van der Waals surface area contributed by atoms with Crippen molar-refractivity contribution in [2.75, 3.05) is 30.9 Å². The van der Waals surface area contributed by atoms with Crippen LogP contribution in [0.4, 0.5) is 24.8 Å². The Morgan fingerprint density at radius 1 is 1.29 bits per heavy atom. The quantitative estimate of drug-likeness (QED) is 0.269. The van der Waals surface area contributed by atoms with E-state index in [0.29, 0.717) is 30.0 Å². The minimum absolute atomic E-state index is 0.109. The van der Waals surface area contributed by atoms with Crippen LogP contribution in [0.3, 0.4) is 0 Å². The first-order valence-corrected chi connectivity index (χ1v) is 9.78. The number of methoxy groups -OCH3 is 1. The standard InChI is InChI=1S/C20H21F3N6O2/c1-31-6-2-5-24-18-15-13(9-25-19(15)27-10-26-18)16(30)12-3-4-14(29-17(12)21)28-11-7-20(22,23)8-11/h3-4,9-11H,2,5-8H2,1H3,(H,28,29)(H2,24,25,26,27). The van der Waals surface area contributed by atoms with Gasteiger partial charge < -0.3 is 20.4 Å². The molecule has 0 aromatic carbocycles. The average molecular weight is 434 g/mol. The summed E-state index contributed by atoms with van der Waals surface area (Å²) in [5, 5.41) is 6.34. The first-order chi connectivity index (χ1) is 14.9. The van der Waals surface area contributed by atoms with Gasteiger partial charge in [0.15, 0.2) is 5.78 Å². The molecule has 164 valence electrons. The molecule has 1 fully saturated rings. The molecule has 0 radical (unpaired) electrons. The summed E-state index contributed by atoms with van der Waals surface area (Å²) < 4.78 is 45.6. The van der Waals surface area contributed by atoms with Crippen LogP contribution in [0.5, 0.6) is 0 Å². The second-order valence-electron chi connectivity index (χ2n) is 7.39. The zero-order valence-corrected chi connectivity index (χ0v) is 16.7. The number of rotatable bonds is 9. The molecule has 3 N–H and O–H groups in total. The van der Waals surface area contributed by atoms with Crippen molar-refractivity contribution in [1.82, 2.24) is 19.9 Å². The Balaban J connectivity index is 1.55. The number of aromatic nitrogens is 4. The molecule has 0 atom stereocenters. The Bertz CT molecular complexity index is 1100. The highest BCUT2D eigenvalue weighted by Crippen LogP contribution is 2.38. The molecule has 3 aromatic rings. The van der Waals surface area contributed by atoms with Crippen molar-refractivity contribution in [2.24, 2.45) is 0 Å².